The van der Waals surface area contributed by atoms with Crippen LogP contribution in [0.4, 0.5) is 0 Å². The Kier molecular flexibility index (Phi) is 6.24. The van der Waals surface area contributed by atoms with E-state index >= 15 is 0 Å². The summed E-state index contributed by atoms with van der Waals surface area (Å²) in [5, 5.41) is 3.32. The topological polar surface area (TPSA) is 48.3 Å². The van der Waals surface area contributed by atoms with Crippen molar-refractivity contribution in [1.29, 1.82) is 0 Å². The smallest absolute Gasteiger partial charge is 0.119 e. The van der Waals surface area contributed by atoms with Crippen molar-refractivity contribution in [2.75, 3.05) is 26.9 Å². The van der Waals surface area contributed by atoms with Gasteiger partial charge >= 0.3 is 0 Å². The molecule has 1 heterocycles. The molecule has 0 unspecified atom stereocenters. The molecule has 21 heavy (non-hydrogen) atoms. The number of aromatic nitrogens is 2. The summed E-state index contributed by atoms with van der Waals surface area (Å²) >= 11 is 0. The van der Waals surface area contributed by atoms with Gasteiger partial charge in [-0.1, -0.05) is 12.1 Å². The summed E-state index contributed by atoms with van der Waals surface area (Å²) in [6.45, 7) is 3.02. The van der Waals surface area contributed by atoms with Crippen LogP contribution in [0.2, 0.25) is 0 Å². The molecular formula is C16H23N3O2. The zero-order valence-corrected chi connectivity index (χ0v) is 12.7. The van der Waals surface area contributed by atoms with E-state index in [0.29, 0.717) is 6.61 Å². The van der Waals surface area contributed by atoms with Crippen molar-refractivity contribution in [3.05, 3.63) is 48.0 Å². The largest absolute Gasteiger partial charge is 0.493 e. The summed E-state index contributed by atoms with van der Waals surface area (Å²) in [4.78, 5) is 4.28. The molecule has 0 bridgehead atoms. The number of ether oxygens (including phenoxy) is 2. The molecule has 1 aromatic carbocycles. The number of hydrogen-bond acceptors (Lipinski definition) is 4. The van der Waals surface area contributed by atoms with Crippen LogP contribution in [0.25, 0.3) is 0 Å². The third-order valence-corrected chi connectivity index (χ3v) is 3.23. The molecule has 0 aliphatic heterocycles. The van der Waals surface area contributed by atoms with Gasteiger partial charge in [-0.25, -0.2) is 4.98 Å². The molecule has 114 valence electrons. The SMILES string of the molecule is COCCNCc1cccc(OCCc2nccn2C)c1. The molecule has 0 aliphatic carbocycles. The van der Waals surface area contributed by atoms with E-state index in [4.69, 9.17) is 9.47 Å². The van der Waals surface area contributed by atoms with E-state index in [1.807, 2.05) is 36.1 Å². The second-order valence-corrected chi connectivity index (χ2v) is 4.87. The maximum absolute atomic E-state index is 5.80. The Hall–Kier alpha value is -1.85. The highest BCUT2D eigenvalue weighted by Gasteiger charge is 2.01. The Labute approximate surface area is 125 Å². The first kappa shape index (κ1) is 15.5. The fourth-order valence-electron chi connectivity index (χ4n) is 2.05. The van der Waals surface area contributed by atoms with Crippen LogP contribution in [0.3, 0.4) is 0 Å². The first-order valence-corrected chi connectivity index (χ1v) is 7.17. The highest BCUT2D eigenvalue weighted by atomic mass is 16.5. The molecule has 0 atom stereocenters. The molecule has 0 saturated carbocycles. The van der Waals surface area contributed by atoms with E-state index in [2.05, 4.69) is 22.4 Å². The number of hydrogen-bond donors (Lipinski definition) is 1. The predicted molar refractivity (Wildman–Crippen MR) is 82.4 cm³/mol. The van der Waals surface area contributed by atoms with Crippen molar-refractivity contribution in [3.63, 3.8) is 0 Å². The Morgan fingerprint density at radius 3 is 2.95 bits per heavy atom. The van der Waals surface area contributed by atoms with Gasteiger partial charge in [0.1, 0.15) is 11.6 Å². The van der Waals surface area contributed by atoms with Crippen LogP contribution in [0.15, 0.2) is 36.7 Å². The van der Waals surface area contributed by atoms with E-state index < -0.39 is 0 Å². The van der Waals surface area contributed by atoms with Crippen molar-refractivity contribution in [2.45, 2.75) is 13.0 Å². The van der Waals surface area contributed by atoms with Crippen molar-refractivity contribution in [1.82, 2.24) is 14.9 Å². The molecule has 5 nitrogen and oxygen atoms in total. The van der Waals surface area contributed by atoms with Crippen molar-refractivity contribution in [2.24, 2.45) is 7.05 Å². The van der Waals surface area contributed by atoms with Gasteiger partial charge in [0, 0.05) is 46.1 Å². The van der Waals surface area contributed by atoms with E-state index in [0.717, 1.165) is 37.7 Å². The molecule has 0 spiro atoms. The van der Waals surface area contributed by atoms with Gasteiger partial charge in [-0.2, -0.15) is 0 Å². The van der Waals surface area contributed by atoms with Crippen LogP contribution in [0.1, 0.15) is 11.4 Å². The third kappa shape index (κ3) is 5.21. The molecule has 0 amide bonds. The number of imidazole rings is 1. The lowest BCUT2D eigenvalue weighted by molar-refractivity contribution is 0.199. The normalized spacial score (nSPS) is 10.8. The lowest BCUT2D eigenvalue weighted by atomic mass is 10.2. The predicted octanol–water partition coefficient (Wildman–Crippen LogP) is 1.78. The quantitative estimate of drug-likeness (QED) is 0.715. The van der Waals surface area contributed by atoms with E-state index in [1.54, 1.807) is 7.11 Å². The first-order chi connectivity index (χ1) is 10.3. The van der Waals surface area contributed by atoms with Gasteiger partial charge < -0.3 is 19.4 Å². The zero-order valence-electron chi connectivity index (χ0n) is 12.7. The molecule has 5 heteroatoms. The van der Waals surface area contributed by atoms with Crippen molar-refractivity contribution >= 4 is 0 Å². The summed E-state index contributed by atoms with van der Waals surface area (Å²) in [5.41, 5.74) is 1.21. The van der Waals surface area contributed by atoms with Crippen LogP contribution < -0.4 is 10.1 Å². The fourth-order valence-corrected chi connectivity index (χ4v) is 2.05. The van der Waals surface area contributed by atoms with Gasteiger partial charge in [0.2, 0.25) is 0 Å². The van der Waals surface area contributed by atoms with Crippen molar-refractivity contribution < 1.29 is 9.47 Å². The summed E-state index contributed by atoms with van der Waals surface area (Å²) in [6.07, 6.45) is 4.56. The fraction of sp³-hybridized carbons (Fsp3) is 0.438. The highest BCUT2D eigenvalue weighted by Crippen LogP contribution is 2.13. The van der Waals surface area contributed by atoms with Gasteiger partial charge in [0.25, 0.3) is 0 Å². The zero-order chi connectivity index (χ0) is 14.9. The van der Waals surface area contributed by atoms with Crippen LogP contribution >= 0.6 is 0 Å². The summed E-state index contributed by atoms with van der Waals surface area (Å²) < 4.78 is 12.8. The average molecular weight is 289 g/mol. The molecule has 0 fully saturated rings. The number of aryl methyl sites for hydroxylation is 1. The minimum Gasteiger partial charge on any atom is -0.493 e. The summed E-state index contributed by atoms with van der Waals surface area (Å²) in [5.74, 6) is 1.93. The van der Waals surface area contributed by atoms with Crippen molar-refractivity contribution in [3.8, 4) is 5.75 Å². The molecule has 0 radical (unpaired) electrons. The molecule has 0 saturated heterocycles. The average Bonchev–Trinajstić information content (AvgIpc) is 2.90. The highest BCUT2D eigenvalue weighted by molar-refractivity contribution is 5.28. The molecule has 1 aromatic heterocycles. The van der Waals surface area contributed by atoms with Crippen LogP contribution in [0, 0.1) is 0 Å². The lowest BCUT2D eigenvalue weighted by Gasteiger charge is -2.09. The maximum atomic E-state index is 5.80. The minimum atomic E-state index is 0.630. The molecule has 2 aromatic rings. The number of rotatable bonds is 9. The number of nitrogens with one attached hydrogen (secondary N) is 1. The lowest BCUT2D eigenvalue weighted by Crippen LogP contribution is -2.18. The Morgan fingerprint density at radius 1 is 1.29 bits per heavy atom. The summed E-state index contributed by atoms with van der Waals surface area (Å²) in [7, 11) is 3.70. The molecular weight excluding hydrogens is 266 g/mol. The number of benzene rings is 1. The van der Waals surface area contributed by atoms with Gasteiger partial charge in [-0.3, -0.25) is 0 Å². The second-order valence-electron chi connectivity index (χ2n) is 4.87. The molecule has 0 aliphatic rings. The number of nitrogens with zero attached hydrogens (tertiary/aromatic N) is 2. The van der Waals surface area contributed by atoms with Crippen LogP contribution in [-0.2, 0) is 24.8 Å². The van der Waals surface area contributed by atoms with Gasteiger partial charge in [-0.05, 0) is 17.7 Å². The van der Waals surface area contributed by atoms with Gasteiger partial charge in [0.15, 0.2) is 0 Å². The Bertz CT molecular complexity index is 540. The summed E-state index contributed by atoms with van der Waals surface area (Å²) in [6, 6.07) is 8.16. The molecule has 1 N–H and O–H groups in total. The van der Waals surface area contributed by atoms with Gasteiger partial charge in [-0.15, -0.1) is 0 Å². The third-order valence-electron chi connectivity index (χ3n) is 3.23. The second kappa shape index (κ2) is 8.44. The molecule has 2 rings (SSSR count). The van der Waals surface area contributed by atoms with Crippen LogP contribution in [0.5, 0.6) is 5.75 Å². The minimum absolute atomic E-state index is 0.630. The van der Waals surface area contributed by atoms with E-state index in [1.165, 1.54) is 5.56 Å². The standard InChI is InChI=1S/C16H23N3O2/c1-19-9-7-18-16(19)6-10-21-15-5-3-4-14(12-15)13-17-8-11-20-2/h3-5,7,9,12,17H,6,8,10-11,13H2,1-2H3. The Balaban J connectivity index is 1.76. The van der Waals surface area contributed by atoms with Gasteiger partial charge in [0.05, 0.1) is 13.2 Å². The monoisotopic (exact) mass is 289 g/mol. The van der Waals surface area contributed by atoms with E-state index in [-0.39, 0.29) is 0 Å². The van der Waals surface area contributed by atoms with E-state index in [9.17, 15) is 0 Å². The number of methoxy groups -OCH3 is 1. The first-order valence-electron chi connectivity index (χ1n) is 7.17. The maximum Gasteiger partial charge on any atom is 0.119 e. The van der Waals surface area contributed by atoms with Crippen LogP contribution in [-0.4, -0.2) is 36.4 Å². The Morgan fingerprint density at radius 2 is 2.19 bits per heavy atom.